The van der Waals surface area contributed by atoms with E-state index in [1.807, 2.05) is 30.3 Å². The largest absolute Gasteiger partial charge is 0.358 e. The smallest absolute Gasteiger partial charge is 0.358 e. The molecule has 0 heterocycles. The molecule has 1 atom stereocenters. The van der Waals surface area contributed by atoms with Gasteiger partial charge in [-0.1, -0.05) is 82.7 Å². The number of benzene rings is 3. The van der Waals surface area contributed by atoms with E-state index in [0.29, 0.717) is 5.92 Å². The van der Waals surface area contributed by atoms with Gasteiger partial charge in [-0.15, -0.1) is 44.2 Å². The van der Waals surface area contributed by atoms with Crippen molar-refractivity contribution < 1.29 is 24.2 Å². The maximum absolute atomic E-state index is 3.34. The van der Waals surface area contributed by atoms with E-state index in [-0.39, 0.29) is 43.1 Å². The first kappa shape index (κ1) is 41.8. The van der Waals surface area contributed by atoms with Gasteiger partial charge in [0.05, 0.1) is 0 Å². The van der Waals surface area contributed by atoms with E-state index in [1.54, 1.807) is 0 Å². The molecule has 3 heteroatoms. The van der Waals surface area contributed by atoms with Gasteiger partial charge >= 0.3 is 28.4 Å². The average Bonchev–Trinajstić information content (AvgIpc) is 3.54. The zero-order chi connectivity index (χ0) is 31.5. The molecule has 4 aliphatic rings. The first-order valence-corrected chi connectivity index (χ1v) is 17.2. The molecular formula is C43H52Cl2Zr-4. The quantitative estimate of drug-likeness (QED) is 0.158. The van der Waals surface area contributed by atoms with Gasteiger partial charge in [-0.3, -0.25) is 6.08 Å². The SMILES string of the molecule is CC1=CC(C)[C-]=C1.CC1=C[CH-]C(C)(C)c2cc3c(cc21)-c1cc2c(cc1C3)C(C)(C)CC=C2C.Cc1cc[c-]cc1.Cl.Cl.[CH2]=[Zr].[CH3-]. The summed E-state index contributed by atoms with van der Waals surface area (Å²) in [5, 5.41) is 0. The van der Waals surface area contributed by atoms with Gasteiger partial charge in [0.25, 0.3) is 0 Å². The number of aryl methyl sites for hydroxylation is 1. The Bertz CT molecular complexity index is 1530. The monoisotopic (exact) mass is 728 g/mol. The summed E-state index contributed by atoms with van der Waals surface area (Å²) in [6, 6.07) is 20.8. The Balaban J connectivity index is 0.000000463. The van der Waals surface area contributed by atoms with Crippen LogP contribution in [0.5, 0.6) is 0 Å². The van der Waals surface area contributed by atoms with Gasteiger partial charge in [0.2, 0.25) is 0 Å². The number of fused-ring (bicyclic) bond motifs is 5. The van der Waals surface area contributed by atoms with E-state index in [1.165, 1.54) is 91.0 Å². The normalized spacial score (nSPS) is 17.7. The molecule has 3 aromatic carbocycles. The minimum atomic E-state index is 0. The fourth-order valence-corrected chi connectivity index (χ4v) is 6.40. The Labute approximate surface area is 308 Å². The van der Waals surface area contributed by atoms with Gasteiger partial charge in [-0.2, -0.15) is 47.5 Å². The molecule has 0 aromatic heterocycles. The molecule has 3 aromatic rings. The predicted molar refractivity (Wildman–Crippen MR) is 206 cm³/mol. The van der Waals surface area contributed by atoms with Crippen molar-refractivity contribution in [2.45, 2.75) is 86.0 Å². The molecule has 0 saturated heterocycles. The number of allylic oxidation sites excluding steroid dienone is 8. The molecule has 0 N–H and O–H groups in total. The minimum Gasteiger partial charge on any atom is -0.358 e. The van der Waals surface area contributed by atoms with Crippen LogP contribution in [0.25, 0.3) is 22.3 Å². The maximum atomic E-state index is 3.34. The van der Waals surface area contributed by atoms with E-state index in [2.05, 4.69) is 128 Å². The summed E-state index contributed by atoms with van der Waals surface area (Å²) in [5.74, 6) is 0.556. The minimum absolute atomic E-state index is 0. The Morgan fingerprint density at radius 3 is 1.80 bits per heavy atom. The van der Waals surface area contributed by atoms with Crippen LogP contribution in [0.2, 0.25) is 0 Å². The Morgan fingerprint density at radius 1 is 0.804 bits per heavy atom. The number of hydrogen-bond donors (Lipinski definition) is 0. The summed E-state index contributed by atoms with van der Waals surface area (Å²) in [7, 11) is 0. The summed E-state index contributed by atoms with van der Waals surface area (Å²) in [4.78, 5) is 0. The summed E-state index contributed by atoms with van der Waals surface area (Å²) >= 11 is 1.30. The number of hydrogen-bond acceptors (Lipinski definition) is 0. The Kier molecular flexibility index (Phi) is 15.7. The molecule has 0 fully saturated rings. The molecule has 0 bridgehead atoms. The molecule has 0 saturated carbocycles. The van der Waals surface area contributed by atoms with Crippen LogP contribution in [0.1, 0.15) is 101 Å². The van der Waals surface area contributed by atoms with Crippen molar-refractivity contribution in [1.82, 2.24) is 0 Å². The van der Waals surface area contributed by atoms with E-state index in [0.717, 1.165) is 12.8 Å². The van der Waals surface area contributed by atoms with Crippen molar-refractivity contribution >= 4 is 40.2 Å². The van der Waals surface area contributed by atoms with Crippen molar-refractivity contribution in [2.24, 2.45) is 5.92 Å². The van der Waals surface area contributed by atoms with Gasteiger partial charge in [0.1, 0.15) is 0 Å². The van der Waals surface area contributed by atoms with Crippen LogP contribution in [-0.4, -0.2) is 4.21 Å². The number of halogens is 2. The molecule has 0 spiro atoms. The summed E-state index contributed by atoms with van der Waals surface area (Å²) in [6.07, 6.45) is 16.7. The molecule has 46 heavy (non-hydrogen) atoms. The molecule has 4 aliphatic carbocycles. The van der Waals surface area contributed by atoms with Crippen molar-refractivity contribution in [3.8, 4) is 11.1 Å². The third kappa shape index (κ3) is 9.25. The molecule has 7 rings (SSSR count). The van der Waals surface area contributed by atoms with Crippen LogP contribution in [0, 0.1) is 38.8 Å². The molecule has 0 radical (unpaired) electrons. The zero-order valence-electron chi connectivity index (χ0n) is 29.5. The van der Waals surface area contributed by atoms with Crippen molar-refractivity contribution in [3.05, 3.63) is 143 Å². The van der Waals surface area contributed by atoms with Crippen LogP contribution in [0.4, 0.5) is 0 Å². The summed E-state index contributed by atoms with van der Waals surface area (Å²) in [6.45, 7) is 20.2. The second kappa shape index (κ2) is 17.3. The second-order valence-corrected chi connectivity index (χ2v) is 13.6. The molecule has 1 unspecified atom stereocenters. The van der Waals surface area contributed by atoms with E-state index in [9.17, 15) is 0 Å². The topological polar surface area (TPSA) is 0 Å². The van der Waals surface area contributed by atoms with Crippen LogP contribution >= 0.6 is 24.8 Å². The first-order valence-electron chi connectivity index (χ1n) is 15.5. The zero-order valence-corrected chi connectivity index (χ0v) is 33.6. The molecule has 0 aliphatic heterocycles. The van der Waals surface area contributed by atoms with Crippen LogP contribution in [-0.2, 0) is 41.5 Å². The molecule has 0 amide bonds. The average molecular weight is 731 g/mol. The number of rotatable bonds is 0. The van der Waals surface area contributed by atoms with E-state index in [4.69, 9.17) is 0 Å². The van der Waals surface area contributed by atoms with Crippen molar-refractivity contribution in [3.63, 3.8) is 0 Å². The standard InChI is InChI=1S/C27H29.C7H9.C7H7.CH3.CH2.2ClH.Zr/c1-16-7-9-26(3,4)24-12-18-11-19-13-25-21(17(2)8-10-27(25,5)6)15-23(19)22(18)14-20(16)24;1-6-3-4-7(2)5-6;1-7-5-3-2-4-6-7;;;;;/h7-9,12-15H,10-11H2,1-6H3;3,5,7H,1-2H3;3-6H,1H3;1H3;1H2;2*1H;/q4*-1;;;;. The van der Waals surface area contributed by atoms with E-state index < -0.39 is 0 Å². The van der Waals surface area contributed by atoms with Crippen molar-refractivity contribution in [1.29, 1.82) is 0 Å². The van der Waals surface area contributed by atoms with Gasteiger partial charge in [0.15, 0.2) is 0 Å². The second-order valence-electron chi connectivity index (χ2n) is 13.6. The fraction of sp³-hybridized carbons (Fsp3) is 0.326. The predicted octanol–water partition coefficient (Wildman–Crippen LogP) is 12.2. The Hall–Kier alpha value is -2.18. The maximum Gasteiger partial charge on any atom is -0.358 e. The summed E-state index contributed by atoms with van der Waals surface area (Å²) < 4.78 is 3.34. The fourth-order valence-electron chi connectivity index (χ4n) is 6.40. The van der Waals surface area contributed by atoms with E-state index >= 15 is 0 Å². The molecule has 246 valence electrons. The van der Waals surface area contributed by atoms with Crippen LogP contribution < -0.4 is 0 Å². The molecular weight excluding hydrogens is 679 g/mol. The molecule has 0 nitrogen and oxygen atoms in total. The third-order valence-electron chi connectivity index (χ3n) is 9.07. The van der Waals surface area contributed by atoms with Crippen LogP contribution in [0.3, 0.4) is 0 Å². The van der Waals surface area contributed by atoms with Gasteiger partial charge in [-0.05, 0) is 70.2 Å². The van der Waals surface area contributed by atoms with Gasteiger partial charge in [0, 0.05) is 0 Å². The van der Waals surface area contributed by atoms with Gasteiger partial charge in [-0.25, -0.2) is 24.1 Å². The van der Waals surface area contributed by atoms with Crippen LogP contribution in [0.15, 0.2) is 78.4 Å². The van der Waals surface area contributed by atoms with Crippen molar-refractivity contribution in [2.75, 3.05) is 0 Å². The first-order chi connectivity index (χ1) is 20.4. The Morgan fingerprint density at radius 2 is 1.35 bits per heavy atom. The third-order valence-corrected chi connectivity index (χ3v) is 9.07. The van der Waals surface area contributed by atoms with Gasteiger partial charge < -0.3 is 7.43 Å². The summed E-state index contributed by atoms with van der Waals surface area (Å²) in [5.41, 5.74) is 17.6.